The molecule has 23 heavy (non-hydrogen) atoms. The van der Waals surface area contributed by atoms with E-state index in [0.717, 1.165) is 5.56 Å². The molecule has 2 heterocycles. The number of nitrogens with one attached hydrogen (secondary N) is 2. The third kappa shape index (κ3) is 3.91. The van der Waals surface area contributed by atoms with Crippen molar-refractivity contribution in [1.82, 2.24) is 15.1 Å². The monoisotopic (exact) mass is 309 g/mol. The van der Waals surface area contributed by atoms with Crippen molar-refractivity contribution in [2.45, 2.75) is 13.5 Å². The summed E-state index contributed by atoms with van der Waals surface area (Å²) in [5, 5.41) is 9.43. The number of carbonyl (C=O) groups excluding carboxylic acids is 1. The Bertz CT molecular complexity index is 784. The largest absolute Gasteiger partial charge is 0.365 e. The molecular formula is C16H15N5O2. The highest BCUT2D eigenvalue weighted by atomic mass is 16.5. The minimum Gasteiger partial charge on any atom is -0.365 e. The fraction of sp³-hybridized carbons (Fsp3) is 0.125. The van der Waals surface area contributed by atoms with E-state index in [2.05, 4.69) is 25.8 Å². The van der Waals surface area contributed by atoms with E-state index in [-0.39, 0.29) is 11.6 Å². The minimum absolute atomic E-state index is 0.205. The van der Waals surface area contributed by atoms with Crippen molar-refractivity contribution in [2.24, 2.45) is 0 Å². The van der Waals surface area contributed by atoms with Gasteiger partial charge in [-0.05, 0) is 12.5 Å². The summed E-state index contributed by atoms with van der Waals surface area (Å²) in [6.45, 7) is 2.38. The molecule has 0 bridgehead atoms. The zero-order valence-corrected chi connectivity index (χ0v) is 12.5. The molecule has 0 aliphatic rings. The molecule has 7 heteroatoms. The number of benzene rings is 1. The summed E-state index contributed by atoms with van der Waals surface area (Å²) in [6, 6.07) is 11.6. The molecule has 1 amide bonds. The summed E-state index contributed by atoms with van der Waals surface area (Å²) < 4.78 is 4.88. The second-order valence-electron chi connectivity index (χ2n) is 4.90. The number of nitrogens with zero attached hydrogens (tertiary/aromatic N) is 3. The zero-order chi connectivity index (χ0) is 16.1. The Balaban J connectivity index is 1.59. The van der Waals surface area contributed by atoms with E-state index in [1.165, 1.54) is 12.4 Å². The van der Waals surface area contributed by atoms with Crippen molar-refractivity contribution in [3.8, 4) is 0 Å². The van der Waals surface area contributed by atoms with Crippen LogP contribution >= 0.6 is 0 Å². The van der Waals surface area contributed by atoms with E-state index in [9.17, 15) is 4.79 Å². The molecule has 0 aliphatic heterocycles. The van der Waals surface area contributed by atoms with Crippen LogP contribution < -0.4 is 10.6 Å². The number of aromatic nitrogens is 3. The predicted molar refractivity (Wildman–Crippen MR) is 85.0 cm³/mol. The number of hydrogen-bond acceptors (Lipinski definition) is 6. The van der Waals surface area contributed by atoms with Crippen LogP contribution in [0.5, 0.6) is 0 Å². The van der Waals surface area contributed by atoms with Gasteiger partial charge in [0.1, 0.15) is 17.3 Å². The van der Waals surface area contributed by atoms with E-state index >= 15 is 0 Å². The second kappa shape index (κ2) is 6.69. The van der Waals surface area contributed by atoms with Gasteiger partial charge >= 0.3 is 0 Å². The van der Waals surface area contributed by atoms with Gasteiger partial charge in [-0.3, -0.25) is 4.79 Å². The second-order valence-corrected chi connectivity index (χ2v) is 4.90. The molecule has 7 nitrogen and oxygen atoms in total. The van der Waals surface area contributed by atoms with Crippen molar-refractivity contribution in [1.29, 1.82) is 0 Å². The fourth-order valence-electron chi connectivity index (χ4n) is 1.93. The summed E-state index contributed by atoms with van der Waals surface area (Å²) in [6.07, 6.45) is 2.93. The van der Waals surface area contributed by atoms with E-state index in [0.29, 0.717) is 23.9 Å². The van der Waals surface area contributed by atoms with E-state index in [1.807, 2.05) is 30.3 Å². The lowest BCUT2D eigenvalue weighted by molar-refractivity contribution is 0.102. The first-order chi connectivity index (χ1) is 11.2. The molecule has 0 atom stereocenters. The van der Waals surface area contributed by atoms with Crippen molar-refractivity contribution in [3.63, 3.8) is 0 Å². The molecular weight excluding hydrogens is 294 g/mol. The Hall–Kier alpha value is -3.22. The maximum Gasteiger partial charge on any atom is 0.277 e. The average Bonchev–Trinajstić information content (AvgIpc) is 2.99. The number of rotatable bonds is 5. The molecule has 1 aromatic carbocycles. The van der Waals surface area contributed by atoms with Crippen LogP contribution in [-0.2, 0) is 6.54 Å². The van der Waals surface area contributed by atoms with Gasteiger partial charge < -0.3 is 15.2 Å². The van der Waals surface area contributed by atoms with Crippen LogP contribution in [0.25, 0.3) is 0 Å². The summed E-state index contributed by atoms with van der Waals surface area (Å²) in [7, 11) is 0. The van der Waals surface area contributed by atoms with Crippen molar-refractivity contribution >= 4 is 17.5 Å². The van der Waals surface area contributed by atoms with E-state index in [4.69, 9.17) is 4.52 Å². The quantitative estimate of drug-likeness (QED) is 0.752. The third-order valence-electron chi connectivity index (χ3n) is 3.07. The van der Waals surface area contributed by atoms with Crippen LogP contribution in [-0.4, -0.2) is 21.0 Å². The van der Waals surface area contributed by atoms with Crippen LogP contribution in [0.1, 0.15) is 21.8 Å². The van der Waals surface area contributed by atoms with Crippen LogP contribution in [0, 0.1) is 6.92 Å². The summed E-state index contributed by atoms with van der Waals surface area (Å²) in [5.41, 5.74) is 1.34. The maximum atomic E-state index is 12.0. The topological polar surface area (TPSA) is 92.9 Å². The number of aryl methyl sites for hydroxylation is 1. The van der Waals surface area contributed by atoms with E-state index in [1.54, 1.807) is 13.0 Å². The third-order valence-corrected chi connectivity index (χ3v) is 3.07. The molecule has 0 radical (unpaired) electrons. The normalized spacial score (nSPS) is 10.3. The van der Waals surface area contributed by atoms with Crippen LogP contribution in [0.3, 0.4) is 0 Å². The average molecular weight is 309 g/mol. The van der Waals surface area contributed by atoms with Gasteiger partial charge in [-0.15, -0.1) is 0 Å². The molecule has 0 fully saturated rings. The molecule has 0 saturated carbocycles. The van der Waals surface area contributed by atoms with Crippen molar-refractivity contribution < 1.29 is 9.32 Å². The Labute approximate surface area is 132 Å². The number of amides is 1. The molecule has 116 valence electrons. The molecule has 2 N–H and O–H groups in total. The summed E-state index contributed by atoms with van der Waals surface area (Å²) in [4.78, 5) is 20.3. The predicted octanol–water partition coefficient (Wildman–Crippen LogP) is 2.64. The van der Waals surface area contributed by atoms with Gasteiger partial charge in [0, 0.05) is 12.6 Å². The number of hydrogen-bond donors (Lipinski definition) is 2. The molecule has 2 aromatic heterocycles. The molecule has 3 aromatic rings. The highest BCUT2D eigenvalue weighted by Crippen LogP contribution is 2.09. The summed E-state index contributed by atoms with van der Waals surface area (Å²) in [5.74, 6) is 1.18. The lowest BCUT2D eigenvalue weighted by Crippen LogP contribution is -2.14. The van der Waals surface area contributed by atoms with Crippen molar-refractivity contribution in [2.75, 3.05) is 10.6 Å². The Kier molecular flexibility index (Phi) is 4.28. The first kappa shape index (κ1) is 14.7. The Morgan fingerprint density at radius 3 is 2.61 bits per heavy atom. The molecule has 0 spiro atoms. The number of anilines is 2. The standard InChI is InChI=1S/C16H15N5O2/c1-11-7-14(21-23-11)20-16(22)13-9-19-15(10-17-13)18-8-12-5-3-2-4-6-12/h2-7,9-10H,8H2,1H3,(H,18,19)(H,20,21,22). The van der Waals surface area contributed by atoms with Gasteiger partial charge in [0.2, 0.25) is 0 Å². The van der Waals surface area contributed by atoms with Gasteiger partial charge in [-0.1, -0.05) is 35.5 Å². The SMILES string of the molecule is Cc1cc(NC(=O)c2cnc(NCc3ccccc3)cn2)no1. The summed E-state index contributed by atoms with van der Waals surface area (Å²) >= 11 is 0. The molecule has 0 unspecified atom stereocenters. The fourth-order valence-corrected chi connectivity index (χ4v) is 1.93. The van der Waals surface area contributed by atoms with Crippen molar-refractivity contribution in [3.05, 3.63) is 65.8 Å². The number of carbonyl (C=O) groups is 1. The van der Waals surface area contributed by atoms with Crippen LogP contribution in [0.2, 0.25) is 0 Å². The van der Waals surface area contributed by atoms with Gasteiger partial charge in [-0.25, -0.2) is 9.97 Å². The van der Waals surface area contributed by atoms with Gasteiger partial charge in [0.05, 0.1) is 12.4 Å². The highest BCUT2D eigenvalue weighted by molar-refractivity contribution is 6.02. The Morgan fingerprint density at radius 2 is 1.96 bits per heavy atom. The van der Waals surface area contributed by atoms with Crippen LogP contribution in [0.15, 0.2) is 53.3 Å². The minimum atomic E-state index is -0.389. The Morgan fingerprint density at radius 1 is 1.13 bits per heavy atom. The molecule has 0 aliphatic carbocycles. The molecule has 0 saturated heterocycles. The first-order valence-electron chi connectivity index (χ1n) is 7.05. The van der Waals surface area contributed by atoms with E-state index < -0.39 is 0 Å². The first-order valence-corrected chi connectivity index (χ1v) is 7.05. The smallest absolute Gasteiger partial charge is 0.277 e. The lowest BCUT2D eigenvalue weighted by Gasteiger charge is -2.06. The highest BCUT2D eigenvalue weighted by Gasteiger charge is 2.10. The van der Waals surface area contributed by atoms with Gasteiger partial charge in [0.15, 0.2) is 5.82 Å². The maximum absolute atomic E-state index is 12.0. The van der Waals surface area contributed by atoms with Crippen LogP contribution in [0.4, 0.5) is 11.6 Å². The lowest BCUT2D eigenvalue weighted by atomic mass is 10.2. The van der Waals surface area contributed by atoms with Gasteiger partial charge in [-0.2, -0.15) is 0 Å². The molecule has 3 rings (SSSR count). The van der Waals surface area contributed by atoms with Gasteiger partial charge in [0.25, 0.3) is 5.91 Å². The zero-order valence-electron chi connectivity index (χ0n) is 12.5.